The summed E-state index contributed by atoms with van der Waals surface area (Å²) in [6.07, 6.45) is -4.35. The molecule has 1 heterocycles. The van der Waals surface area contributed by atoms with Gasteiger partial charge in [0.05, 0.1) is 6.61 Å². The molecule has 0 spiro atoms. The number of aromatic amines is 1. The van der Waals surface area contributed by atoms with Crippen LogP contribution >= 0.6 is 0 Å². The van der Waals surface area contributed by atoms with E-state index in [1.54, 1.807) is 12.1 Å². The van der Waals surface area contributed by atoms with Gasteiger partial charge in [0.2, 0.25) is 0 Å². The Labute approximate surface area is 125 Å². The Kier molecular flexibility index (Phi) is 4.75. The number of carbonyl (C=O) groups excluding carboxylic acids is 1. The molecule has 1 amide bonds. The van der Waals surface area contributed by atoms with Gasteiger partial charge in [-0.25, -0.2) is 0 Å². The van der Waals surface area contributed by atoms with E-state index in [0.717, 1.165) is 22.2 Å². The van der Waals surface area contributed by atoms with Crippen LogP contribution in [-0.2, 0) is 4.74 Å². The van der Waals surface area contributed by atoms with Crippen LogP contribution in [0.5, 0.6) is 0 Å². The highest BCUT2D eigenvalue weighted by atomic mass is 19.4. The smallest absolute Gasteiger partial charge is 0.370 e. The van der Waals surface area contributed by atoms with Gasteiger partial charge in [-0.1, -0.05) is 0 Å². The quantitative estimate of drug-likeness (QED) is 0.833. The number of hydrogen-bond acceptors (Lipinski definition) is 2. The first-order chi connectivity index (χ1) is 10.3. The van der Waals surface area contributed by atoms with E-state index in [9.17, 15) is 18.0 Å². The number of ether oxygens (including phenoxy) is 1. The maximum atomic E-state index is 12.0. The molecule has 0 saturated heterocycles. The van der Waals surface area contributed by atoms with Gasteiger partial charge in [-0.15, -0.1) is 0 Å². The molecule has 0 radical (unpaired) electrons. The van der Waals surface area contributed by atoms with Crippen molar-refractivity contribution in [3.8, 4) is 0 Å². The number of nitrogens with one attached hydrogen (secondary N) is 2. The van der Waals surface area contributed by atoms with Crippen molar-refractivity contribution in [1.82, 2.24) is 10.3 Å². The molecule has 0 aliphatic carbocycles. The average Bonchev–Trinajstić information content (AvgIpc) is 2.72. The molecule has 0 atom stereocenters. The third kappa shape index (κ3) is 4.00. The Morgan fingerprint density at radius 1 is 1.32 bits per heavy atom. The number of fused-ring (bicyclic) bond motifs is 1. The number of rotatable bonds is 5. The second-order valence-corrected chi connectivity index (χ2v) is 5.06. The highest BCUT2D eigenvalue weighted by Crippen LogP contribution is 2.22. The summed E-state index contributed by atoms with van der Waals surface area (Å²) in [6, 6.07) is 5.24. The molecule has 1 aromatic carbocycles. The van der Waals surface area contributed by atoms with E-state index in [2.05, 4.69) is 15.0 Å². The van der Waals surface area contributed by atoms with Crippen molar-refractivity contribution in [2.45, 2.75) is 20.0 Å². The number of aryl methyl sites for hydroxylation is 2. The Balaban J connectivity index is 1.91. The molecule has 2 aromatic rings. The second-order valence-electron chi connectivity index (χ2n) is 5.06. The number of benzene rings is 1. The third-order valence-electron chi connectivity index (χ3n) is 3.37. The Morgan fingerprint density at radius 3 is 2.73 bits per heavy atom. The molecule has 7 heteroatoms. The molecule has 2 N–H and O–H groups in total. The van der Waals surface area contributed by atoms with Crippen molar-refractivity contribution in [2.24, 2.45) is 0 Å². The molecule has 1 aromatic heterocycles. The normalized spacial score (nSPS) is 11.9. The highest BCUT2D eigenvalue weighted by molar-refractivity contribution is 5.99. The van der Waals surface area contributed by atoms with Gasteiger partial charge in [-0.3, -0.25) is 4.79 Å². The second kappa shape index (κ2) is 6.39. The number of hydrogen-bond donors (Lipinski definition) is 2. The van der Waals surface area contributed by atoms with Gasteiger partial charge in [0, 0.05) is 28.7 Å². The van der Waals surface area contributed by atoms with E-state index in [-0.39, 0.29) is 19.1 Å². The molecule has 4 nitrogen and oxygen atoms in total. The summed E-state index contributed by atoms with van der Waals surface area (Å²) in [5.74, 6) is -0.337. The van der Waals surface area contributed by atoms with Crippen LogP contribution in [-0.4, -0.2) is 36.8 Å². The fraction of sp³-hybridized carbons (Fsp3) is 0.400. The Bertz CT molecular complexity index is 677. The highest BCUT2D eigenvalue weighted by Gasteiger charge is 2.27. The van der Waals surface area contributed by atoms with Crippen molar-refractivity contribution in [3.63, 3.8) is 0 Å². The van der Waals surface area contributed by atoms with Crippen LogP contribution in [0.3, 0.4) is 0 Å². The third-order valence-corrected chi connectivity index (χ3v) is 3.37. The first kappa shape index (κ1) is 16.4. The van der Waals surface area contributed by atoms with Crippen LogP contribution in [0.15, 0.2) is 18.2 Å². The summed E-state index contributed by atoms with van der Waals surface area (Å²) >= 11 is 0. The lowest BCUT2D eigenvalue weighted by Gasteiger charge is -2.08. The molecule has 0 saturated carbocycles. The Hall–Kier alpha value is -2.02. The zero-order valence-electron chi connectivity index (χ0n) is 12.3. The maximum Gasteiger partial charge on any atom is 0.411 e. The summed E-state index contributed by atoms with van der Waals surface area (Å²) in [7, 11) is 0. The summed E-state index contributed by atoms with van der Waals surface area (Å²) in [5, 5.41) is 3.49. The molecule has 120 valence electrons. The van der Waals surface area contributed by atoms with Gasteiger partial charge in [0.25, 0.3) is 5.91 Å². The van der Waals surface area contributed by atoms with E-state index in [0.29, 0.717) is 5.56 Å². The predicted molar refractivity (Wildman–Crippen MR) is 77.0 cm³/mol. The van der Waals surface area contributed by atoms with Crippen molar-refractivity contribution >= 4 is 16.8 Å². The van der Waals surface area contributed by atoms with Crippen LogP contribution in [0.25, 0.3) is 10.9 Å². The molecule has 0 bridgehead atoms. The number of halogens is 3. The first-order valence-corrected chi connectivity index (χ1v) is 6.79. The molecular weight excluding hydrogens is 297 g/mol. The van der Waals surface area contributed by atoms with Crippen molar-refractivity contribution in [3.05, 3.63) is 35.0 Å². The van der Waals surface area contributed by atoms with Crippen LogP contribution in [0.2, 0.25) is 0 Å². The lowest BCUT2D eigenvalue weighted by Crippen LogP contribution is -2.28. The first-order valence-electron chi connectivity index (χ1n) is 6.79. The largest absolute Gasteiger partial charge is 0.411 e. The summed E-state index contributed by atoms with van der Waals surface area (Å²) in [4.78, 5) is 15.2. The van der Waals surface area contributed by atoms with Crippen LogP contribution in [0.1, 0.15) is 21.6 Å². The van der Waals surface area contributed by atoms with Gasteiger partial charge < -0.3 is 15.0 Å². The van der Waals surface area contributed by atoms with Gasteiger partial charge in [-0.05, 0) is 37.6 Å². The molecular formula is C15H17F3N2O2. The SMILES string of the molecule is Cc1[nH]c2ccc(C(=O)NCCOCC(F)(F)F)cc2c1C. The van der Waals surface area contributed by atoms with Gasteiger partial charge in [-0.2, -0.15) is 13.2 Å². The van der Waals surface area contributed by atoms with Gasteiger partial charge in [0.15, 0.2) is 0 Å². The summed E-state index contributed by atoms with van der Waals surface area (Å²) in [5.41, 5.74) is 3.51. The van der Waals surface area contributed by atoms with Crippen LogP contribution < -0.4 is 5.32 Å². The number of amides is 1. The van der Waals surface area contributed by atoms with E-state index in [1.807, 2.05) is 19.9 Å². The fourth-order valence-corrected chi connectivity index (χ4v) is 2.13. The minimum Gasteiger partial charge on any atom is -0.370 e. The monoisotopic (exact) mass is 314 g/mol. The minimum atomic E-state index is -4.35. The van der Waals surface area contributed by atoms with Crippen LogP contribution in [0.4, 0.5) is 13.2 Å². The lowest BCUT2D eigenvalue weighted by molar-refractivity contribution is -0.173. The molecule has 0 aliphatic rings. The van der Waals surface area contributed by atoms with E-state index < -0.39 is 12.8 Å². The van der Waals surface area contributed by atoms with Crippen molar-refractivity contribution in [1.29, 1.82) is 0 Å². The van der Waals surface area contributed by atoms with Crippen molar-refractivity contribution in [2.75, 3.05) is 19.8 Å². The van der Waals surface area contributed by atoms with Gasteiger partial charge >= 0.3 is 6.18 Å². The van der Waals surface area contributed by atoms with E-state index in [4.69, 9.17) is 0 Å². The Morgan fingerprint density at radius 2 is 2.05 bits per heavy atom. The predicted octanol–water partition coefficient (Wildman–Crippen LogP) is 3.09. The molecule has 2 rings (SSSR count). The average molecular weight is 314 g/mol. The van der Waals surface area contributed by atoms with E-state index in [1.165, 1.54) is 0 Å². The fourth-order valence-electron chi connectivity index (χ4n) is 2.13. The lowest BCUT2D eigenvalue weighted by atomic mass is 10.1. The number of aromatic nitrogens is 1. The zero-order chi connectivity index (χ0) is 16.3. The number of H-pyrrole nitrogens is 1. The summed E-state index contributed by atoms with van der Waals surface area (Å²) < 4.78 is 40.1. The van der Waals surface area contributed by atoms with Crippen molar-refractivity contribution < 1.29 is 22.7 Å². The maximum absolute atomic E-state index is 12.0. The number of alkyl halides is 3. The van der Waals surface area contributed by atoms with Gasteiger partial charge in [0.1, 0.15) is 6.61 Å². The van der Waals surface area contributed by atoms with Crippen LogP contribution in [0, 0.1) is 13.8 Å². The molecule has 0 unspecified atom stereocenters. The summed E-state index contributed by atoms with van der Waals surface area (Å²) in [6.45, 7) is 2.44. The minimum absolute atomic E-state index is 0.0259. The molecule has 0 fully saturated rings. The topological polar surface area (TPSA) is 54.1 Å². The van der Waals surface area contributed by atoms with E-state index >= 15 is 0 Å². The number of carbonyl (C=O) groups is 1. The standard InChI is InChI=1S/C15H17F3N2O2/c1-9-10(2)20-13-4-3-11(7-12(9)13)14(21)19-5-6-22-8-15(16,17)18/h3-4,7,20H,5-6,8H2,1-2H3,(H,19,21). The zero-order valence-corrected chi connectivity index (χ0v) is 12.3. The molecule has 22 heavy (non-hydrogen) atoms. The molecule has 0 aliphatic heterocycles.